The van der Waals surface area contributed by atoms with E-state index in [9.17, 15) is 19.2 Å². The van der Waals surface area contributed by atoms with Gasteiger partial charge in [0.2, 0.25) is 0 Å². The molecule has 4 fully saturated rings. The molecule has 0 unspecified atom stereocenters. The average molecular weight is 1890 g/mol. The van der Waals surface area contributed by atoms with Gasteiger partial charge in [-0.15, -0.1) is 0 Å². The van der Waals surface area contributed by atoms with Crippen LogP contribution < -0.4 is 21.3 Å². The maximum absolute atomic E-state index is 13.1. The van der Waals surface area contributed by atoms with Crippen LogP contribution in [0, 0.1) is 75.1 Å². The molecule has 4 N–H and O–H groups in total. The Hall–Kier alpha value is -16.0. The van der Waals surface area contributed by atoms with E-state index in [2.05, 4.69) is 113 Å². The summed E-state index contributed by atoms with van der Waals surface area (Å²) in [5.41, 5.74) is 16.5. The Bertz CT molecular complexity index is 8740. The Balaban J connectivity index is 0.000000149. The molecule has 16 heterocycles. The van der Waals surface area contributed by atoms with Gasteiger partial charge in [-0.05, 0) is 245 Å². The van der Waals surface area contributed by atoms with Crippen molar-refractivity contribution in [1.29, 1.82) is 0 Å². The standard InChI is InChI=1S/4C28H28N6O/c4*1-21-15-25(8-7-23(21)20-33-13-11-32(2)12-14-33)31-28(35)24-16-22(17-29-18-24)6-9-26-19-30-27-5-3-4-10-34(26)27/h4*3-5,7-8,10,15-19H,11-14,20H2,1-2H3,(H,31,35)/i2D3,11D2,12D2,13D2,14D2;11D2,12D2,13D2,14D2;2D3,20D2;2D3. The molecule has 28 nitrogen and oxygen atoms in total. The fourth-order valence-electron chi connectivity index (χ4n) is 14.9. The van der Waals surface area contributed by atoms with Crippen molar-refractivity contribution >= 4 is 69.0 Å². The molecule has 0 radical (unpaired) electrons. The van der Waals surface area contributed by atoms with E-state index in [0.29, 0.717) is 155 Å². The number of aryl methyl sites for hydroxylation is 4. The average Bonchev–Trinajstić information content (AvgIpc) is 0.795. The first-order chi connectivity index (χ1) is 78.6. The molecule has 4 aromatic carbocycles. The van der Waals surface area contributed by atoms with Gasteiger partial charge in [0.05, 0.1) is 47.0 Å². The number of nitrogens with zero attached hydrogens (tertiary/aromatic N) is 20. The van der Waals surface area contributed by atoms with Crippen LogP contribution >= 0.6 is 0 Å². The summed E-state index contributed by atoms with van der Waals surface area (Å²) in [5, 5.41) is 11.3. The number of benzene rings is 4. The minimum Gasteiger partial charge on any atom is -0.322 e. The molecule has 4 amide bonds. The molecule has 0 bridgehead atoms. The second kappa shape index (κ2) is 45.8. The molecule has 0 saturated carbocycles. The number of hydrogen-bond acceptors (Lipinski definition) is 20. The van der Waals surface area contributed by atoms with Crippen LogP contribution in [-0.4, -0.2) is 253 Å². The van der Waals surface area contributed by atoms with Crippen molar-refractivity contribution < 1.29 is 56.2 Å². The zero-order chi connectivity index (χ0) is 120. The topological polar surface area (TPSA) is 263 Å². The minimum absolute atomic E-state index is 0.227. The van der Waals surface area contributed by atoms with Crippen LogP contribution in [0.25, 0.3) is 22.6 Å². The van der Waals surface area contributed by atoms with E-state index in [0.717, 1.165) is 58.7 Å². The number of piperazine rings is 4. The second-order valence-electron chi connectivity index (χ2n) is 32.7. The van der Waals surface area contributed by atoms with Gasteiger partial charge in [0.25, 0.3) is 23.6 Å². The first kappa shape index (κ1) is 67.3. The number of aromatic nitrogens is 12. The van der Waals surface area contributed by atoms with Gasteiger partial charge >= 0.3 is 0 Å². The Morgan fingerprint density at radius 3 is 0.879 bits per heavy atom. The van der Waals surface area contributed by atoms with E-state index in [4.69, 9.17) is 37.0 Å². The third-order valence-corrected chi connectivity index (χ3v) is 22.6. The number of likely N-dealkylation sites (N-methyl/N-ethyl adjacent to an activating group) is 4. The maximum Gasteiger partial charge on any atom is 0.257 e. The number of amides is 4. The Morgan fingerprint density at radius 2 is 0.586 bits per heavy atom. The number of pyridine rings is 8. The number of fused-ring (bicyclic) bond motifs is 4. The van der Waals surface area contributed by atoms with Crippen molar-refractivity contribution in [3.8, 4) is 47.4 Å². The van der Waals surface area contributed by atoms with E-state index in [1.54, 1.807) is 141 Å². The normalized spacial score (nSPS) is 20.6. The van der Waals surface area contributed by atoms with Crippen molar-refractivity contribution in [2.75, 3.05) is 154 Å². The molecule has 12 aromatic heterocycles. The summed E-state index contributed by atoms with van der Waals surface area (Å²) < 4.78 is 227. The lowest BCUT2D eigenvalue weighted by atomic mass is 10.1. The zero-order valence-corrected chi connectivity index (χ0v) is 76.8. The van der Waals surface area contributed by atoms with Crippen molar-refractivity contribution in [2.24, 2.45) is 0 Å². The van der Waals surface area contributed by atoms with Gasteiger partial charge in [-0.3, -0.25) is 76.3 Å². The summed E-state index contributed by atoms with van der Waals surface area (Å²) in [6, 6.07) is 49.4. The lowest BCUT2D eigenvalue weighted by molar-refractivity contribution is 0.101. The predicted molar refractivity (Wildman–Crippen MR) is 549 cm³/mol. The lowest BCUT2D eigenvalue weighted by Crippen LogP contribution is -2.43. The summed E-state index contributed by atoms with van der Waals surface area (Å²) in [5.74, 6) is 22.8. The molecule has 4 saturated heterocycles. The quantitative estimate of drug-likeness (QED) is 0.0655. The SMILES string of the molecule is [2H]C([2H])([2H])N1C([2H])([2H])C([2H])([2H])N(Cc2ccc(NC(=O)c3cncc(C#Cc4cnc5ccccn45)c3)cc2C)C([2H])([2H])C1([2H])[2H].[2H]C([2H])([2H])N1CCN(C([2H])([2H])c2ccc(NC(=O)c3cncc(C#Cc4cnc5ccccn45)c3)cc2C)CC1.[2H]C([2H])([2H])N1CCN(Cc2ccc(NC(=O)c3cncc(C#Cc4cnc5ccccn45)c3)cc2C)CC1.[2H]C1([2H])N(C)C([2H])([2H])C([2H])([2H])N(Cc2ccc(NC(=O)c3cncc(C#Cc4cnc5ccccn45)c3)cc2C)C1([2H])[2H]. The lowest BCUT2D eigenvalue weighted by Gasteiger charge is -2.32. The molecular formula is C112H112N24O4. The summed E-state index contributed by atoms with van der Waals surface area (Å²) in [6.07, 6.45) is 26.3. The second-order valence-corrected chi connectivity index (χ2v) is 32.7. The Labute approximate surface area is 854 Å². The van der Waals surface area contributed by atoms with Crippen molar-refractivity contribution in [2.45, 2.75) is 53.8 Å². The van der Waals surface area contributed by atoms with Gasteiger partial charge in [-0.2, -0.15) is 0 Å². The third-order valence-electron chi connectivity index (χ3n) is 22.6. The first-order valence-electron chi connectivity index (χ1n) is 57.9. The highest BCUT2D eigenvalue weighted by Crippen LogP contribution is 2.26. The number of carbonyl (C=O) groups excluding carboxylic acids is 4. The minimum atomic E-state index is -3.48. The smallest absolute Gasteiger partial charge is 0.257 e. The van der Waals surface area contributed by atoms with Crippen LogP contribution in [0.3, 0.4) is 0 Å². The fourth-order valence-corrected chi connectivity index (χ4v) is 14.9. The van der Waals surface area contributed by atoms with Gasteiger partial charge in [0.15, 0.2) is 0 Å². The maximum atomic E-state index is 13.1. The van der Waals surface area contributed by atoms with Gasteiger partial charge in [0.1, 0.15) is 45.4 Å². The Morgan fingerprint density at radius 1 is 0.307 bits per heavy atom. The first-order valence-corrected chi connectivity index (χ1v) is 44.4. The van der Waals surface area contributed by atoms with Crippen molar-refractivity contribution in [3.63, 3.8) is 0 Å². The fraction of sp³-hybridized carbons (Fsp3) is 0.250. The zero-order valence-electron chi connectivity index (χ0n) is 104. The molecule has 28 heteroatoms. The van der Waals surface area contributed by atoms with Crippen LogP contribution in [0.2, 0.25) is 0 Å². The van der Waals surface area contributed by atoms with Gasteiger partial charge < -0.3 is 40.9 Å². The number of anilines is 4. The number of hydrogen-bond donors (Lipinski definition) is 4. The molecular weight excluding hydrogens is 1750 g/mol. The number of nitrogens with one attached hydrogen (secondary N) is 4. The third kappa shape index (κ3) is 25.6. The van der Waals surface area contributed by atoms with E-state index < -0.39 is 104 Å². The molecule has 704 valence electrons. The van der Waals surface area contributed by atoms with Gasteiger partial charge in [-0.25, -0.2) is 19.9 Å². The molecule has 4 aliphatic rings. The van der Waals surface area contributed by atoms with Crippen LogP contribution in [0.15, 0.2) is 269 Å². The van der Waals surface area contributed by atoms with E-state index in [1.807, 2.05) is 140 Å². The predicted octanol–water partition coefficient (Wildman–Crippen LogP) is 13.7. The van der Waals surface area contributed by atoms with E-state index in [1.165, 1.54) is 48.0 Å². The number of imidazole rings is 4. The van der Waals surface area contributed by atoms with Crippen LogP contribution in [0.4, 0.5) is 22.7 Å². The van der Waals surface area contributed by atoms with E-state index in [-0.39, 0.29) is 40.9 Å². The Kier molecular flexibility index (Phi) is 22.0. The van der Waals surface area contributed by atoms with E-state index >= 15 is 0 Å². The van der Waals surface area contributed by atoms with Crippen LogP contribution in [-0.2, 0) is 26.1 Å². The molecule has 140 heavy (non-hydrogen) atoms. The molecule has 0 spiro atoms. The molecule has 20 rings (SSSR count). The summed E-state index contributed by atoms with van der Waals surface area (Å²) >= 11 is 0. The number of rotatable bonds is 16. The van der Waals surface area contributed by atoms with Crippen molar-refractivity contribution in [3.05, 3.63) is 381 Å². The molecule has 4 aliphatic heterocycles. The molecule has 0 atom stereocenters. The summed E-state index contributed by atoms with van der Waals surface area (Å²) in [4.78, 5) is 93.7. The van der Waals surface area contributed by atoms with Gasteiger partial charge in [-0.1, -0.05) is 72.2 Å². The van der Waals surface area contributed by atoms with Crippen LogP contribution in [0.1, 0.15) is 168 Å². The summed E-state index contributed by atoms with van der Waals surface area (Å²) in [6.45, 7) is -23.9. The van der Waals surface area contributed by atoms with Crippen molar-refractivity contribution in [1.82, 2.24) is 96.7 Å². The monoisotopic (exact) mass is 1880 g/mol. The van der Waals surface area contributed by atoms with Gasteiger partial charge in [0, 0.05) is 287 Å². The number of carbonyl (C=O) groups is 4. The highest BCUT2D eigenvalue weighted by Gasteiger charge is 2.23. The van der Waals surface area contributed by atoms with Crippen LogP contribution in [0.5, 0.6) is 0 Å². The molecule has 16 aromatic rings. The largest absolute Gasteiger partial charge is 0.322 e. The highest BCUT2D eigenvalue weighted by atomic mass is 16.2. The highest BCUT2D eigenvalue weighted by molar-refractivity contribution is 6.06. The molecule has 0 aliphatic carbocycles. The summed E-state index contributed by atoms with van der Waals surface area (Å²) in [7, 11) is 1.02.